The lowest BCUT2D eigenvalue weighted by Crippen LogP contribution is -2.23. The maximum atomic E-state index is 12.5. The zero-order valence-corrected chi connectivity index (χ0v) is 12.2. The Balaban J connectivity index is 2.52. The summed E-state index contributed by atoms with van der Waals surface area (Å²) in [7, 11) is 1.67. The van der Waals surface area contributed by atoms with Gasteiger partial charge in [0.2, 0.25) is 0 Å². The molecule has 0 amide bonds. The summed E-state index contributed by atoms with van der Waals surface area (Å²) >= 11 is 0. The summed E-state index contributed by atoms with van der Waals surface area (Å²) in [6.45, 7) is 3.80. The number of hydrogen-bond donors (Lipinski definition) is 1. The van der Waals surface area contributed by atoms with Gasteiger partial charge in [-0.05, 0) is 19.9 Å². The topological polar surface area (TPSA) is 64.1 Å². The van der Waals surface area contributed by atoms with E-state index in [-0.39, 0.29) is 5.56 Å². The average Bonchev–Trinajstić information content (AvgIpc) is 2.84. The van der Waals surface area contributed by atoms with Crippen LogP contribution in [0.1, 0.15) is 23.0 Å². The third-order valence-corrected chi connectivity index (χ3v) is 3.82. The zero-order valence-electron chi connectivity index (χ0n) is 12.2. The number of esters is 1. The number of H-pyrrole nitrogens is 1. The molecule has 0 aliphatic heterocycles. The monoisotopic (exact) mass is 284 g/mol. The van der Waals surface area contributed by atoms with Crippen LogP contribution in [0.15, 0.2) is 29.1 Å². The second-order valence-corrected chi connectivity index (χ2v) is 4.97. The van der Waals surface area contributed by atoms with Crippen molar-refractivity contribution in [1.29, 1.82) is 0 Å². The molecule has 0 aliphatic carbocycles. The van der Waals surface area contributed by atoms with E-state index in [1.807, 2.05) is 24.3 Å². The van der Waals surface area contributed by atoms with E-state index in [0.717, 1.165) is 10.9 Å². The van der Waals surface area contributed by atoms with Crippen molar-refractivity contribution in [2.24, 2.45) is 7.05 Å². The Morgan fingerprint density at radius 2 is 2.05 bits per heavy atom. The Morgan fingerprint density at radius 1 is 1.33 bits per heavy atom. The van der Waals surface area contributed by atoms with Gasteiger partial charge in [-0.25, -0.2) is 4.79 Å². The third kappa shape index (κ3) is 1.85. The number of aromatic amines is 1. The molecule has 108 valence electrons. The number of carbonyl (C=O) groups excluding carboxylic acids is 1. The molecule has 2 heterocycles. The summed E-state index contributed by atoms with van der Waals surface area (Å²) in [6, 6.07) is 7.52. The average molecular weight is 284 g/mol. The second-order valence-electron chi connectivity index (χ2n) is 4.97. The minimum atomic E-state index is -0.415. The Morgan fingerprint density at radius 3 is 2.76 bits per heavy atom. The molecule has 1 aromatic carbocycles. The molecule has 0 radical (unpaired) electrons. The van der Waals surface area contributed by atoms with Gasteiger partial charge in [0, 0.05) is 23.6 Å². The molecule has 0 saturated heterocycles. The lowest BCUT2D eigenvalue weighted by atomic mass is 10.1. The highest BCUT2D eigenvalue weighted by Crippen LogP contribution is 2.26. The number of rotatable bonds is 2. The minimum Gasteiger partial charge on any atom is -0.462 e. The molecule has 3 rings (SSSR count). The van der Waals surface area contributed by atoms with Crippen molar-refractivity contribution in [3.05, 3.63) is 45.9 Å². The fourth-order valence-corrected chi connectivity index (χ4v) is 2.67. The van der Waals surface area contributed by atoms with Crippen molar-refractivity contribution in [3.63, 3.8) is 0 Å². The summed E-state index contributed by atoms with van der Waals surface area (Å²) in [5.41, 5.74) is 2.28. The van der Waals surface area contributed by atoms with Gasteiger partial charge in [0.1, 0.15) is 5.56 Å². The van der Waals surface area contributed by atoms with Crippen molar-refractivity contribution < 1.29 is 9.53 Å². The first-order chi connectivity index (χ1) is 10.1. The van der Waals surface area contributed by atoms with Crippen LogP contribution in [0.3, 0.4) is 0 Å². The quantitative estimate of drug-likeness (QED) is 0.735. The predicted octanol–water partition coefficient (Wildman–Crippen LogP) is 2.50. The smallest absolute Gasteiger partial charge is 0.342 e. The summed E-state index contributed by atoms with van der Waals surface area (Å²) in [4.78, 5) is 28.0. The first-order valence-electron chi connectivity index (χ1n) is 6.83. The van der Waals surface area contributed by atoms with Gasteiger partial charge in [0.05, 0.1) is 17.5 Å². The van der Waals surface area contributed by atoms with Crippen LogP contribution >= 0.6 is 0 Å². The Kier molecular flexibility index (Phi) is 3.05. The van der Waals surface area contributed by atoms with Crippen LogP contribution in [0.2, 0.25) is 0 Å². The second kappa shape index (κ2) is 4.77. The van der Waals surface area contributed by atoms with Crippen molar-refractivity contribution in [2.45, 2.75) is 13.8 Å². The SMILES string of the molecule is CCOC(=O)c1c(C)n(C)c(=O)c2c1[nH]c1ccccc12. The van der Waals surface area contributed by atoms with E-state index in [0.29, 0.717) is 28.8 Å². The molecule has 0 unspecified atom stereocenters. The van der Waals surface area contributed by atoms with Gasteiger partial charge in [-0.3, -0.25) is 4.79 Å². The van der Waals surface area contributed by atoms with E-state index < -0.39 is 5.97 Å². The molecule has 1 N–H and O–H groups in total. The van der Waals surface area contributed by atoms with E-state index in [1.165, 1.54) is 4.57 Å². The molecular formula is C16H16N2O3. The minimum absolute atomic E-state index is 0.118. The fraction of sp³-hybridized carbons (Fsp3) is 0.250. The number of nitrogens with one attached hydrogen (secondary N) is 1. The molecular weight excluding hydrogens is 268 g/mol. The zero-order chi connectivity index (χ0) is 15.1. The lowest BCUT2D eigenvalue weighted by Gasteiger charge is -2.11. The van der Waals surface area contributed by atoms with Gasteiger partial charge in [0.25, 0.3) is 5.56 Å². The molecule has 0 spiro atoms. The number of hydrogen-bond acceptors (Lipinski definition) is 3. The number of ether oxygens (including phenoxy) is 1. The van der Waals surface area contributed by atoms with Crippen molar-refractivity contribution in [3.8, 4) is 0 Å². The van der Waals surface area contributed by atoms with Crippen LogP contribution < -0.4 is 5.56 Å². The van der Waals surface area contributed by atoms with Crippen molar-refractivity contribution in [1.82, 2.24) is 9.55 Å². The van der Waals surface area contributed by atoms with E-state index in [2.05, 4.69) is 4.98 Å². The fourth-order valence-electron chi connectivity index (χ4n) is 2.67. The number of carbonyl (C=O) groups is 1. The van der Waals surface area contributed by atoms with E-state index in [1.54, 1.807) is 20.9 Å². The predicted molar refractivity (Wildman–Crippen MR) is 81.7 cm³/mol. The summed E-state index contributed by atoms with van der Waals surface area (Å²) in [5, 5.41) is 1.35. The number of aromatic nitrogens is 2. The number of nitrogens with zero attached hydrogens (tertiary/aromatic N) is 1. The highest BCUT2D eigenvalue weighted by molar-refractivity contribution is 6.14. The maximum absolute atomic E-state index is 12.5. The molecule has 3 aromatic rings. The Hall–Kier alpha value is -2.56. The van der Waals surface area contributed by atoms with Crippen LogP contribution in [0.5, 0.6) is 0 Å². The lowest BCUT2D eigenvalue weighted by molar-refractivity contribution is 0.0526. The van der Waals surface area contributed by atoms with Crippen LogP contribution in [0, 0.1) is 6.92 Å². The molecule has 2 aromatic heterocycles. The van der Waals surface area contributed by atoms with E-state index >= 15 is 0 Å². The normalized spacial score (nSPS) is 11.2. The van der Waals surface area contributed by atoms with Gasteiger partial charge in [-0.1, -0.05) is 18.2 Å². The van der Waals surface area contributed by atoms with Gasteiger partial charge >= 0.3 is 5.97 Å². The summed E-state index contributed by atoms with van der Waals surface area (Å²) < 4.78 is 6.63. The largest absolute Gasteiger partial charge is 0.462 e. The van der Waals surface area contributed by atoms with E-state index in [9.17, 15) is 9.59 Å². The molecule has 0 saturated carbocycles. The van der Waals surface area contributed by atoms with E-state index in [4.69, 9.17) is 4.74 Å². The molecule has 5 heteroatoms. The van der Waals surface area contributed by atoms with Gasteiger partial charge in [-0.2, -0.15) is 0 Å². The highest BCUT2D eigenvalue weighted by Gasteiger charge is 2.22. The standard InChI is InChI=1S/C16H16N2O3/c1-4-21-16(20)12-9(2)18(3)15(19)13-10-7-5-6-8-11(10)17-14(12)13/h5-8,17H,4H2,1-3H3. The number of para-hydroxylation sites is 1. The first-order valence-corrected chi connectivity index (χ1v) is 6.83. The van der Waals surface area contributed by atoms with Crippen LogP contribution in [0.25, 0.3) is 21.8 Å². The summed E-state index contributed by atoms with van der Waals surface area (Å²) in [6.07, 6.45) is 0. The van der Waals surface area contributed by atoms with Crippen LogP contribution in [0.4, 0.5) is 0 Å². The van der Waals surface area contributed by atoms with Gasteiger partial charge < -0.3 is 14.3 Å². The van der Waals surface area contributed by atoms with Crippen molar-refractivity contribution >= 4 is 27.8 Å². The van der Waals surface area contributed by atoms with Crippen LogP contribution in [-0.4, -0.2) is 22.1 Å². The molecule has 0 bridgehead atoms. The first kappa shape index (κ1) is 13.4. The number of pyridine rings is 1. The molecule has 0 fully saturated rings. The number of fused-ring (bicyclic) bond motifs is 3. The Labute approximate surface area is 121 Å². The highest BCUT2D eigenvalue weighted by atomic mass is 16.5. The van der Waals surface area contributed by atoms with Crippen molar-refractivity contribution in [2.75, 3.05) is 6.61 Å². The Bertz CT molecular complexity index is 919. The number of benzene rings is 1. The molecule has 5 nitrogen and oxygen atoms in total. The third-order valence-electron chi connectivity index (χ3n) is 3.82. The molecule has 0 aliphatic rings. The van der Waals surface area contributed by atoms with Crippen LogP contribution in [-0.2, 0) is 11.8 Å². The summed E-state index contributed by atoms with van der Waals surface area (Å²) in [5.74, 6) is -0.415. The maximum Gasteiger partial charge on any atom is 0.342 e. The molecule has 0 atom stereocenters. The molecule has 21 heavy (non-hydrogen) atoms. The van der Waals surface area contributed by atoms with Gasteiger partial charge in [-0.15, -0.1) is 0 Å². The van der Waals surface area contributed by atoms with Gasteiger partial charge in [0.15, 0.2) is 0 Å².